The van der Waals surface area contributed by atoms with Crippen LogP contribution in [0.4, 0.5) is 0 Å². The van der Waals surface area contributed by atoms with Gasteiger partial charge in [0.1, 0.15) is 0 Å². The van der Waals surface area contributed by atoms with Gasteiger partial charge in [0.05, 0.1) is 0 Å². The van der Waals surface area contributed by atoms with Crippen molar-refractivity contribution >= 4 is 0 Å². The molecule has 1 N–H and O–H groups in total. The van der Waals surface area contributed by atoms with E-state index in [9.17, 15) is 0 Å². The lowest BCUT2D eigenvalue weighted by Gasteiger charge is -2.39. The molecule has 0 spiro atoms. The molecule has 1 aliphatic rings. The van der Waals surface area contributed by atoms with E-state index >= 15 is 0 Å². The zero-order valence-corrected chi connectivity index (χ0v) is 10.4. The monoisotopic (exact) mass is 197 g/mol. The van der Waals surface area contributed by atoms with Crippen molar-refractivity contribution in [2.24, 2.45) is 5.41 Å². The Labute approximate surface area is 89.7 Å². The van der Waals surface area contributed by atoms with Crippen LogP contribution < -0.4 is 5.32 Å². The molecule has 1 unspecified atom stereocenters. The van der Waals surface area contributed by atoms with Crippen LogP contribution in [0, 0.1) is 5.41 Å². The highest BCUT2D eigenvalue weighted by atomic mass is 15.0. The lowest BCUT2D eigenvalue weighted by molar-refractivity contribution is 0.195. The number of piperidine rings is 1. The molecule has 0 radical (unpaired) electrons. The zero-order chi connectivity index (χ0) is 10.7. The fourth-order valence-corrected chi connectivity index (χ4v) is 2.34. The summed E-state index contributed by atoms with van der Waals surface area (Å²) in [7, 11) is 0. The third-order valence-corrected chi connectivity index (χ3v) is 3.61. The smallest absolute Gasteiger partial charge is 0.0179 e. The standard InChI is InChI=1S/C13H27N/c1-5-13(8-6-7-11-14-13)10-9-12(2,3)4/h14H,5-11H2,1-4H3. The van der Waals surface area contributed by atoms with E-state index in [1.807, 2.05) is 0 Å². The Bertz CT molecular complexity index is 161. The number of hydrogen-bond donors (Lipinski definition) is 1. The Hall–Kier alpha value is -0.0400. The van der Waals surface area contributed by atoms with Crippen molar-refractivity contribution in [3.05, 3.63) is 0 Å². The van der Waals surface area contributed by atoms with Gasteiger partial charge in [-0.3, -0.25) is 0 Å². The molecule has 1 nitrogen and oxygen atoms in total. The van der Waals surface area contributed by atoms with Crippen LogP contribution in [0.25, 0.3) is 0 Å². The number of hydrogen-bond acceptors (Lipinski definition) is 1. The highest BCUT2D eigenvalue weighted by molar-refractivity contribution is 4.90. The van der Waals surface area contributed by atoms with Gasteiger partial charge in [-0.05, 0) is 44.1 Å². The summed E-state index contributed by atoms with van der Waals surface area (Å²) in [5.74, 6) is 0. The predicted molar refractivity (Wildman–Crippen MR) is 63.6 cm³/mol. The Kier molecular flexibility index (Phi) is 4.00. The van der Waals surface area contributed by atoms with Gasteiger partial charge in [0.15, 0.2) is 0 Å². The van der Waals surface area contributed by atoms with E-state index in [0.29, 0.717) is 11.0 Å². The minimum atomic E-state index is 0.478. The molecule has 0 aromatic carbocycles. The summed E-state index contributed by atoms with van der Waals surface area (Å²) >= 11 is 0. The average Bonchev–Trinajstić information content (AvgIpc) is 2.15. The molecule has 0 bridgehead atoms. The van der Waals surface area contributed by atoms with E-state index in [0.717, 1.165) is 0 Å². The molecule has 1 saturated heterocycles. The summed E-state index contributed by atoms with van der Waals surface area (Å²) in [5, 5.41) is 3.75. The van der Waals surface area contributed by atoms with Crippen LogP contribution in [-0.4, -0.2) is 12.1 Å². The van der Waals surface area contributed by atoms with Gasteiger partial charge in [0.2, 0.25) is 0 Å². The van der Waals surface area contributed by atoms with Gasteiger partial charge in [-0.1, -0.05) is 34.1 Å². The molecule has 1 fully saturated rings. The van der Waals surface area contributed by atoms with Crippen molar-refractivity contribution in [2.75, 3.05) is 6.54 Å². The van der Waals surface area contributed by atoms with Gasteiger partial charge in [-0.15, -0.1) is 0 Å². The normalized spacial score (nSPS) is 29.1. The topological polar surface area (TPSA) is 12.0 Å². The summed E-state index contributed by atoms with van der Waals surface area (Å²) in [5.41, 5.74) is 0.965. The summed E-state index contributed by atoms with van der Waals surface area (Å²) in [4.78, 5) is 0. The van der Waals surface area contributed by atoms with Crippen LogP contribution >= 0.6 is 0 Å². The molecule has 1 rings (SSSR count). The van der Waals surface area contributed by atoms with Crippen molar-refractivity contribution in [2.45, 2.75) is 71.8 Å². The first-order chi connectivity index (χ1) is 6.47. The van der Waals surface area contributed by atoms with E-state index in [2.05, 4.69) is 33.0 Å². The van der Waals surface area contributed by atoms with E-state index in [-0.39, 0.29) is 0 Å². The number of rotatable bonds is 3. The van der Waals surface area contributed by atoms with Crippen molar-refractivity contribution < 1.29 is 0 Å². The van der Waals surface area contributed by atoms with Gasteiger partial charge in [0.25, 0.3) is 0 Å². The van der Waals surface area contributed by atoms with Crippen molar-refractivity contribution in [1.82, 2.24) is 5.32 Å². The molecule has 0 aromatic heterocycles. The molecule has 1 aliphatic heterocycles. The second-order valence-electron chi connectivity index (χ2n) is 6.08. The summed E-state index contributed by atoms with van der Waals surface area (Å²) in [6.45, 7) is 10.6. The van der Waals surface area contributed by atoms with E-state index in [1.54, 1.807) is 0 Å². The van der Waals surface area contributed by atoms with Crippen LogP contribution in [0.1, 0.15) is 66.2 Å². The number of nitrogens with one attached hydrogen (secondary N) is 1. The van der Waals surface area contributed by atoms with E-state index in [4.69, 9.17) is 0 Å². The maximum Gasteiger partial charge on any atom is 0.0179 e. The lowest BCUT2D eigenvalue weighted by Crippen LogP contribution is -2.48. The highest BCUT2D eigenvalue weighted by Gasteiger charge is 2.30. The molecule has 0 saturated carbocycles. The van der Waals surface area contributed by atoms with Gasteiger partial charge in [-0.2, -0.15) is 0 Å². The quantitative estimate of drug-likeness (QED) is 0.727. The second-order valence-corrected chi connectivity index (χ2v) is 6.08. The van der Waals surface area contributed by atoms with Gasteiger partial charge < -0.3 is 5.32 Å². The predicted octanol–water partition coefficient (Wildman–Crippen LogP) is 3.74. The highest BCUT2D eigenvalue weighted by Crippen LogP contribution is 2.32. The lowest BCUT2D eigenvalue weighted by atomic mass is 9.77. The first kappa shape index (κ1) is 12.0. The average molecular weight is 197 g/mol. The molecule has 1 heterocycles. The summed E-state index contributed by atoms with van der Waals surface area (Å²) in [6.07, 6.45) is 8.17. The van der Waals surface area contributed by atoms with Gasteiger partial charge >= 0.3 is 0 Å². The fraction of sp³-hybridized carbons (Fsp3) is 1.00. The molecular weight excluding hydrogens is 170 g/mol. The minimum absolute atomic E-state index is 0.478. The third kappa shape index (κ3) is 3.61. The van der Waals surface area contributed by atoms with Crippen molar-refractivity contribution in [1.29, 1.82) is 0 Å². The molecule has 84 valence electrons. The molecule has 1 heteroatoms. The summed E-state index contributed by atoms with van der Waals surface area (Å²) < 4.78 is 0. The van der Waals surface area contributed by atoms with Crippen molar-refractivity contribution in [3.8, 4) is 0 Å². The molecule has 14 heavy (non-hydrogen) atoms. The van der Waals surface area contributed by atoms with Crippen LogP contribution in [-0.2, 0) is 0 Å². The van der Waals surface area contributed by atoms with Crippen LogP contribution in [0.5, 0.6) is 0 Å². The molecule has 0 aromatic rings. The largest absolute Gasteiger partial charge is 0.311 e. The Morgan fingerprint density at radius 1 is 1.21 bits per heavy atom. The van der Waals surface area contributed by atoms with Gasteiger partial charge in [-0.25, -0.2) is 0 Å². The van der Waals surface area contributed by atoms with Crippen LogP contribution in [0.3, 0.4) is 0 Å². The maximum absolute atomic E-state index is 3.75. The van der Waals surface area contributed by atoms with E-state index < -0.39 is 0 Å². The second kappa shape index (κ2) is 4.65. The first-order valence-corrected chi connectivity index (χ1v) is 6.22. The minimum Gasteiger partial charge on any atom is -0.311 e. The third-order valence-electron chi connectivity index (χ3n) is 3.61. The van der Waals surface area contributed by atoms with E-state index in [1.165, 1.54) is 45.1 Å². The molecule has 1 atom stereocenters. The molecular formula is C13H27N. The van der Waals surface area contributed by atoms with Crippen LogP contribution in [0.15, 0.2) is 0 Å². The first-order valence-electron chi connectivity index (χ1n) is 6.22. The summed E-state index contributed by atoms with van der Waals surface area (Å²) in [6, 6.07) is 0. The SMILES string of the molecule is CCC1(CCC(C)(C)C)CCCCN1. The Balaban J connectivity index is 2.44. The van der Waals surface area contributed by atoms with Gasteiger partial charge in [0, 0.05) is 5.54 Å². The zero-order valence-electron chi connectivity index (χ0n) is 10.4. The molecule has 0 aliphatic carbocycles. The fourth-order valence-electron chi connectivity index (χ4n) is 2.34. The Morgan fingerprint density at radius 2 is 1.93 bits per heavy atom. The Morgan fingerprint density at radius 3 is 2.36 bits per heavy atom. The van der Waals surface area contributed by atoms with Crippen molar-refractivity contribution in [3.63, 3.8) is 0 Å². The van der Waals surface area contributed by atoms with Crippen LogP contribution in [0.2, 0.25) is 0 Å². The maximum atomic E-state index is 3.75. The molecule has 0 amide bonds.